The average Bonchev–Trinajstić information content (AvgIpc) is 2.75. The average molecular weight is 282 g/mol. The van der Waals surface area contributed by atoms with Gasteiger partial charge in [-0.1, -0.05) is 32.9 Å². The molecule has 0 spiro atoms. The van der Waals surface area contributed by atoms with Crippen LogP contribution in [-0.2, 0) is 11.3 Å². The molecule has 112 valence electrons. The highest BCUT2D eigenvalue weighted by atomic mass is 16.4. The van der Waals surface area contributed by atoms with Crippen LogP contribution in [0.2, 0.25) is 0 Å². The van der Waals surface area contributed by atoms with Gasteiger partial charge >= 0.3 is 5.97 Å². The smallest absolute Gasteiger partial charge is 0.325 e. The minimum atomic E-state index is -1.03. The summed E-state index contributed by atoms with van der Waals surface area (Å²) in [6, 6.07) is 0. The predicted molar refractivity (Wildman–Crippen MR) is 73.2 cm³/mol. The van der Waals surface area contributed by atoms with Crippen LogP contribution >= 0.6 is 0 Å². The van der Waals surface area contributed by atoms with Crippen molar-refractivity contribution in [2.24, 2.45) is 17.8 Å². The van der Waals surface area contributed by atoms with Gasteiger partial charge in [-0.25, -0.2) is 4.68 Å². The highest BCUT2D eigenvalue weighted by Crippen LogP contribution is 2.19. The normalized spacial score (nSPS) is 11.3. The highest BCUT2D eigenvalue weighted by molar-refractivity contribution is 5.91. The van der Waals surface area contributed by atoms with E-state index in [0.29, 0.717) is 24.3 Å². The first-order valence-corrected chi connectivity index (χ1v) is 6.71. The topological polar surface area (TPSA) is 97.1 Å². The van der Waals surface area contributed by atoms with E-state index in [2.05, 4.69) is 43.3 Å². The number of carbonyl (C=O) groups excluding carboxylic acids is 1. The summed E-state index contributed by atoms with van der Waals surface area (Å²) in [6.45, 7) is 8.76. The Hall–Kier alpha value is -1.92. The number of hydrogen-bond acceptors (Lipinski definition) is 4. The molecule has 1 aromatic heterocycles. The maximum Gasteiger partial charge on any atom is 0.325 e. The summed E-state index contributed by atoms with van der Waals surface area (Å²) >= 11 is 0. The maximum atomic E-state index is 11.9. The Morgan fingerprint density at radius 1 is 1.30 bits per heavy atom. The molecule has 0 aromatic carbocycles. The van der Waals surface area contributed by atoms with Crippen molar-refractivity contribution in [1.82, 2.24) is 20.3 Å². The van der Waals surface area contributed by atoms with Crippen LogP contribution < -0.4 is 5.32 Å². The van der Waals surface area contributed by atoms with Gasteiger partial charge in [0.1, 0.15) is 6.54 Å². The zero-order valence-corrected chi connectivity index (χ0v) is 12.3. The van der Waals surface area contributed by atoms with Crippen molar-refractivity contribution < 1.29 is 14.7 Å². The zero-order valence-electron chi connectivity index (χ0n) is 12.3. The standard InChI is InChI=1S/C13H22N4O3/c1-8(2)10(9(3)4)5-14-13(20)11-6-17(16-15-11)7-12(18)19/h6,8-10H,5,7H2,1-4H3,(H,14,20)(H,18,19). The molecule has 1 aromatic rings. The number of aromatic nitrogens is 3. The molecular weight excluding hydrogens is 260 g/mol. The summed E-state index contributed by atoms with van der Waals surface area (Å²) in [4.78, 5) is 22.4. The van der Waals surface area contributed by atoms with Gasteiger partial charge in [-0.2, -0.15) is 0 Å². The maximum absolute atomic E-state index is 11.9. The lowest BCUT2D eigenvalue weighted by Gasteiger charge is -2.24. The molecule has 1 amide bonds. The van der Waals surface area contributed by atoms with Crippen LogP contribution in [0.25, 0.3) is 0 Å². The van der Waals surface area contributed by atoms with E-state index < -0.39 is 5.97 Å². The second-order valence-corrected chi connectivity index (χ2v) is 5.56. The Kier molecular flexibility index (Phi) is 5.66. The van der Waals surface area contributed by atoms with E-state index in [1.807, 2.05) is 0 Å². The van der Waals surface area contributed by atoms with Gasteiger partial charge in [-0.15, -0.1) is 5.10 Å². The molecule has 0 saturated heterocycles. The van der Waals surface area contributed by atoms with Gasteiger partial charge in [0.2, 0.25) is 0 Å². The van der Waals surface area contributed by atoms with E-state index in [1.54, 1.807) is 0 Å². The molecule has 0 fully saturated rings. The first kappa shape index (κ1) is 16.1. The number of nitrogens with zero attached hydrogens (tertiary/aromatic N) is 3. The number of aliphatic carboxylic acids is 1. The number of carbonyl (C=O) groups is 2. The monoisotopic (exact) mass is 282 g/mol. The van der Waals surface area contributed by atoms with E-state index in [1.165, 1.54) is 6.20 Å². The van der Waals surface area contributed by atoms with Crippen molar-refractivity contribution in [2.45, 2.75) is 34.2 Å². The van der Waals surface area contributed by atoms with Gasteiger partial charge in [0.25, 0.3) is 5.91 Å². The highest BCUT2D eigenvalue weighted by Gasteiger charge is 2.19. The molecule has 0 radical (unpaired) electrons. The first-order chi connectivity index (χ1) is 9.31. The summed E-state index contributed by atoms with van der Waals surface area (Å²) in [7, 11) is 0. The summed E-state index contributed by atoms with van der Waals surface area (Å²) in [6.07, 6.45) is 1.34. The van der Waals surface area contributed by atoms with Crippen LogP contribution in [0.4, 0.5) is 0 Å². The molecular formula is C13H22N4O3. The van der Waals surface area contributed by atoms with Gasteiger partial charge in [0.15, 0.2) is 5.69 Å². The van der Waals surface area contributed by atoms with Gasteiger partial charge in [-0.05, 0) is 17.8 Å². The van der Waals surface area contributed by atoms with Crippen LogP contribution in [0.5, 0.6) is 0 Å². The van der Waals surface area contributed by atoms with E-state index in [4.69, 9.17) is 5.11 Å². The van der Waals surface area contributed by atoms with Crippen molar-refractivity contribution in [1.29, 1.82) is 0 Å². The van der Waals surface area contributed by atoms with E-state index >= 15 is 0 Å². The number of amides is 1. The van der Waals surface area contributed by atoms with Crippen LogP contribution in [0.15, 0.2) is 6.20 Å². The molecule has 0 bridgehead atoms. The quantitative estimate of drug-likeness (QED) is 0.778. The molecule has 1 rings (SSSR count). The van der Waals surface area contributed by atoms with Crippen molar-refractivity contribution in [3.05, 3.63) is 11.9 Å². The molecule has 2 N–H and O–H groups in total. The van der Waals surface area contributed by atoms with Gasteiger partial charge in [0.05, 0.1) is 6.20 Å². The van der Waals surface area contributed by atoms with Crippen LogP contribution in [0.3, 0.4) is 0 Å². The minimum Gasteiger partial charge on any atom is -0.480 e. The summed E-state index contributed by atoms with van der Waals surface area (Å²) in [5.74, 6) is -0.0292. The second-order valence-electron chi connectivity index (χ2n) is 5.56. The van der Waals surface area contributed by atoms with E-state index in [0.717, 1.165) is 4.68 Å². The fourth-order valence-electron chi connectivity index (χ4n) is 2.16. The van der Waals surface area contributed by atoms with Crippen LogP contribution in [-0.4, -0.2) is 38.5 Å². The SMILES string of the molecule is CC(C)C(CNC(=O)c1cn(CC(=O)O)nn1)C(C)C. The van der Waals surface area contributed by atoms with E-state index in [-0.39, 0.29) is 18.1 Å². The Morgan fingerprint density at radius 3 is 2.40 bits per heavy atom. The Labute approximate surface area is 118 Å². The van der Waals surface area contributed by atoms with Gasteiger partial charge < -0.3 is 10.4 Å². The van der Waals surface area contributed by atoms with Crippen molar-refractivity contribution in [2.75, 3.05) is 6.54 Å². The molecule has 0 unspecified atom stereocenters. The Morgan fingerprint density at radius 2 is 1.90 bits per heavy atom. The molecule has 7 nitrogen and oxygen atoms in total. The third kappa shape index (κ3) is 4.64. The Bertz CT molecular complexity index is 460. The number of hydrogen-bond donors (Lipinski definition) is 2. The molecule has 20 heavy (non-hydrogen) atoms. The largest absolute Gasteiger partial charge is 0.480 e. The fraction of sp³-hybridized carbons (Fsp3) is 0.692. The lowest BCUT2D eigenvalue weighted by molar-refractivity contribution is -0.137. The van der Waals surface area contributed by atoms with Crippen molar-refractivity contribution >= 4 is 11.9 Å². The van der Waals surface area contributed by atoms with Crippen LogP contribution in [0.1, 0.15) is 38.2 Å². The molecule has 1 heterocycles. The van der Waals surface area contributed by atoms with Gasteiger partial charge in [0, 0.05) is 6.54 Å². The minimum absolute atomic E-state index is 0.137. The van der Waals surface area contributed by atoms with Crippen molar-refractivity contribution in [3.63, 3.8) is 0 Å². The number of nitrogens with one attached hydrogen (secondary N) is 1. The van der Waals surface area contributed by atoms with E-state index in [9.17, 15) is 9.59 Å². The molecule has 7 heteroatoms. The Balaban J connectivity index is 2.58. The second kappa shape index (κ2) is 7.02. The summed E-state index contributed by atoms with van der Waals surface area (Å²) < 4.78 is 1.12. The third-order valence-electron chi connectivity index (χ3n) is 3.28. The number of carboxylic acid groups (broad SMARTS) is 1. The molecule has 0 atom stereocenters. The lowest BCUT2D eigenvalue weighted by Crippen LogP contribution is -2.34. The molecule has 0 aliphatic heterocycles. The summed E-state index contributed by atoms with van der Waals surface area (Å²) in [5.41, 5.74) is 0.137. The van der Waals surface area contributed by atoms with Gasteiger partial charge in [-0.3, -0.25) is 9.59 Å². The van der Waals surface area contributed by atoms with Crippen LogP contribution in [0, 0.1) is 17.8 Å². The zero-order chi connectivity index (χ0) is 15.3. The predicted octanol–water partition coefficient (Wildman–Crippen LogP) is 1.02. The first-order valence-electron chi connectivity index (χ1n) is 6.71. The molecule has 0 saturated carbocycles. The summed E-state index contributed by atoms with van der Waals surface area (Å²) in [5, 5.41) is 18.7. The third-order valence-corrected chi connectivity index (χ3v) is 3.28. The number of carboxylic acids is 1. The number of rotatable bonds is 7. The lowest BCUT2D eigenvalue weighted by atomic mass is 9.85. The van der Waals surface area contributed by atoms with Crippen molar-refractivity contribution in [3.8, 4) is 0 Å². The molecule has 0 aliphatic rings. The fourth-order valence-corrected chi connectivity index (χ4v) is 2.16. The molecule has 0 aliphatic carbocycles.